The molecule has 0 aliphatic rings. The van der Waals surface area contributed by atoms with E-state index in [9.17, 15) is 9.59 Å². The lowest BCUT2D eigenvalue weighted by atomic mass is 10.1. The van der Waals surface area contributed by atoms with Gasteiger partial charge in [-0.1, -0.05) is 25.1 Å². The highest BCUT2D eigenvalue weighted by atomic mass is 16.5. The third-order valence-corrected chi connectivity index (χ3v) is 4.12. The van der Waals surface area contributed by atoms with Crippen LogP contribution in [0.25, 0.3) is 0 Å². The van der Waals surface area contributed by atoms with Crippen molar-refractivity contribution in [3.8, 4) is 11.5 Å². The molecule has 0 fully saturated rings. The lowest BCUT2D eigenvalue weighted by Gasteiger charge is -2.17. The van der Waals surface area contributed by atoms with E-state index in [-0.39, 0.29) is 17.9 Å². The Balaban J connectivity index is 2.02. The number of ether oxygens (including phenoxy) is 2. The highest BCUT2D eigenvalue weighted by Gasteiger charge is 2.17. The molecule has 0 bridgehead atoms. The minimum Gasteiger partial charge on any atom is -0.493 e. The third kappa shape index (κ3) is 5.74. The summed E-state index contributed by atoms with van der Waals surface area (Å²) in [5, 5.41) is 5.68. The molecule has 0 heterocycles. The molecular weight excluding hydrogens is 344 g/mol. The lowest BCUT2D eigenvalue weighted by Crippen LogP contribution is -2.32. The molecule has 2 unspecified atom stereocenters. The minimum atomic E-state index is -0.737. The summed E-state index contributed by atoms with van der Waals surface area (Å²) in [6.07, 6.45) is 0.110. The van der Waals surface area contributed by atoms with Crippen LogP contribution in [0.15, 0.2) is 48.5 Å². The first kappa shape index (κ1) is 20.3. The Bertz CT molecular complexity index is 791. The first-order valence-corrected chi connectivity index (χ1v) is 8.96. The van der Waals surface area contributed by atoms with Crippen LogP contribution >= 0.6 is 0 Å². The Morgan fingerprint density at radius 2 is 1.74 bits per heavy atom. The fourth-order valence-electron chi connectivity index (χ4n) is 2.35. The molecule has 2 aromatic carbocycles. The summed E-state index contributed by atoms with van der Waals surface area (Å²) < 4.78 is 10.9. The average molecular weight is 370 g/mol. The van der Waals surface area contributed by atoms with Gasteiger partial charge in [0.25, 0.3) is 11.8 Å². The largest absolute Gasteiger partial charge is 0.493 e. The van der Waals surface area contributed by atoms with Crippen LogP contribution in [-0.2, 0) is 4.79 Å². The molecule has 2 rings (SSSR count). The molecule has 0 radical (unpaired) electrons. The van der Waals surface area contributed by atoms with Crippen molar-refractivity contribution in [3.63, 3.8) is 0 Å². The fraction of sp³-hybridized carbons (Fsp3) is 0.333. The van der Waals surface area contributed by atoms with E-state index in [4.69, 9.17) is 9.47 Å². The molecule has 0 aromatic heterocycles. The normalized spacial score (nSPS) is 12.6. The van der Waals surface area contributed by atoms with Gasteiger partial charge in [-0.3, -0.25) is 9.59 Å². The van der Waals surface area contributed by atoms with Gasteiger partial charge in [0.15, 0.2) is 17.6 Å². The van der Waals surface area contributed by atoms with Gasteiger partial charge in [-0.05, 0) is 50.6 Å². The predicted molar refractivity (Wildman–Crippen MR) is 105 cm³/mol. The molecule has 6 nitrogen and oxygen atoms in total. The lowest BCUT2D eigenvalue weighted by molar-refractivity contribution is -0.122. The van der Waals surface area contributed by atoms with Crippen LogP contribution in [-0.4, -0.2) is 31.1 Å². The molecule has 2 N–H and O–H groups in total. The Labute approximate surface area is 159 Å². The Kier molecular flexibility index (Phi) is 7.23. The van der Waals surface area contributed by atoms with Gasteiger partial charge in [-0.25, -0.2) is 0 Å². The number of hydrogen-bond donors (Lipinski definition) is 2. The molecule has 6 heteroatoms. The second-order valence-corrected chi connectivity index (χ2v) is 6.26. The molecule has 0 aliphatic carbocycles. The highest BCUT2D eigenvalue weighted by Crippen LogP contribution is 2.27. The van der Waals surface area contributed by atoms with E-state index in [2.05, 4.69) is 10.6 Å². The SMILES string of the molecule is CCC(C)NC(=O)c1cccc(NC(=O)C(C)Oc2ccccc2OC)c1. The molecule has 0 aliphatic heterocycles. The van der Waals surface area contributed by atoms with Gasteiger partial charge in [0.2, 0.25) is 0 Å². The van der Waals surface area contributed by atoms with Crippen LogP contribution in [0.2, 0.25) is 0 Å². The van der Waals surface area contributed by atoms with Crippen molar-refractivity contribution in [1.29, 1.82) is 0 Å². The van der Waals surface area contributed by atoms with Gasteiger partial charge < -0.3 is 20.1 Å². The first-order valence-electron chi connectivity index (χ1n) is 8.96. The molecule has 144 valence electrons. The van der Waals surface area contributed by atoms with Crippen molar-refractivity contribution in [2.45, 2.75) is 39.3 Å². The fourth-order valence-corrected chi connectivity index (χ4v) is 2.35. The smallest absolute Gasteiger partial charge is 0.265 e. The molecule has 2 atom stereocenters. The second-order valence-electron chi connectivity index (χ2n) is 6.26. The van der Waals surface area contributed by atoms with Crippen molar-refractivity contribution >= 4 is 17.5 Å². The molecule has 2 amide bonds. The zero-order valence-corrected chi connectivity index (χ0v) is 16.1. The van der Waals surface area contributed by atoms with E-state index in [0.717, 1.165) is 6.42 Å². The van der Waals surface area contributed by atoms with E-state index < -0.39 is 6.10 Å². The van der Waals surface area contributed by atoms with Crippen molar-refractivity contribution in [2.75, 3.05) is 12.4 Å². The van der Waals surface area contributed by atoms with Crippen LogP contribution in [0.1, 0.15) is 37.6 Å². The monoisotopic (exact) mass is 370 g/mol. The van der Waals surface area contributed by atoms with E-state index in [1.54, 1.807) is 50.4 Å². The molecule has 0 spiro atoms. The standard InChI is InChI=1S/C21H26N2O4/c1-5-14(2)22-21(25)16-9-8-10-17(13-16)23-20(24)15(3)27-19-12-7-6-11-18(19)26-4/h6-15H,5H2,1-4H3,(H,22,25)(H,23,24). The summed E-state index contributed by atoms with van der Waals surface area (Å²) in [5.41, 5.74) is 1.03. The van der Waals surface area contributed by atoms with E-state index in [0.29, 0.717) is 22.7 Å². The zero-order valence-electron chi connectivity index (χ0n) is 16.1. The van der Waals surface area contributed by atoms with Gasteiger partial charge in [0.05, 0.1) is 7.11 Å². The number of para-hydroxylation sites is 2. The maximum absolute atomic E-state index is 12.4. The summed E-state index contributed by atoms with van der Waals surface area (Å²) in [6, 6.07) is 14.0. The maximum atomic E-state index is 12.4. The molecule has 0 saturated carbocycles. The van der Waals surface area contributed by atoms with E-state index in [1.165, 1.54) is 0 Å². The number of nitrogens with one attached hydrogen (secondary N) is 2. The van der Waals surface area contributed by atoms with Crippen LogP contribution < -0.4 is 20.1 Å². The maximum Gasteiger partial charge on any atom is 0.265 e. The van der Waals surface area contributed by atoms with E-state index >= 15 is 0 Å². The predicted octanol–water partition coefficient (Wildman–Crippen LogP) is 3.63. The van der Waals surface area contributed by atoms with Crippen LogP contribution in [0, 0.1) is 0 Å². The third-order valence-electron chi connectivity index (χ3n) is 4.12. The Morgan fingerprint density at radius 3 is 2.41 bits per heavy atom. The van der Waals surface area contributed by atoms with Crippen LogP contribution in [0.3, 0.4) is 0 Å². The highest BCUT2D eigenvalue weighted by molar-refractivity contribution is 5.98. The summed E-state index contributed by atoms with van der Waals surface area (Å²) in [7, 11) is 1.54. The number of anilines is 1. The van der Waals surface area contributed by atoms with Crippen LogP contribution in [0.4, 0.5) is 5.69 Å². The number of carbonyl (C=O) groups is 2. The van der Waals surface area contributed by atoms with Gasteiger partial charge in [0, 0.05) is 17.3 Å². The molecule has 0 saturated heterocycles. The summed E-state index contributed by atoms with van der Waals surface area (Å²) in [4.78, 5) is 24.7. The molecular formula is C21H26N2O4. The first-order chi connectivity index (χ1) is 12.9. The van der Waals surface area contributed by atoms with Crippen molar-refractivity contribution in [2.24, 2.45) is 0 Å². The second kappa shape index (κ2) is 9.62. The van der Waals surface area contributed by atoms with Crippen molar-refractivity contribution < 1.29 is 19.1 Å². The summed E-state index contributed by atoms with van der Waals surface area (Å²) in [5.74, 6) is 0.560. The van der Waals surface area contributed by atoms with Crippen molar-refractivity contribution in [1.82, 2.24) is 5.32 Å². The number of amides is 2. The summed E-state index contributed by atoms with van der Waals surface area (Å²) >= 11 is 0. The van der Waals surface area contributed by atoms with Gasteiger partial charge in [-0.2, -0.15) is 0 Å². The quantitative estimate of drug-likeness (QED) is 0.744. The zero-order chi connectivity index (χ0) is 19.8. The van der Waals surface area contributed by atoms with Gasteiger partial charge in [-0.15, -0.1) is 0 Å². The Morgan fingerprint density at radius 1 is 1.04 bits per heavy atom. The van der Waals surface area contributed by atoms with E-state index in [1.807, 2.05) is 26.0 Å². The number of hydrogen-bond acceptors (Lipinski definition) is 4. The van der Waals surface area contributed by atoms with Gasteiger partial charge >= 0.3 is 0 Å². The Hall–Kier alpha value is -3.02. The minimum absolute atomic E-state index is 0.0880. The van der Waals surface area contributed by atoms with Crippen LogP contribution in [0.5, 0.6) is 11.5 Å². The number of methoxy groups -OCH3 is 1. The molecule has 2 aromatic rings. The summed E-state index contributed by atoms with van der Waals surface area (Å²) in [6.45, 7) is 5.60. The number of benzene rings is 2. The molecule has 27 heavy (non-hydrogen) atoms. The topological polar surface area (TPSA) is 76.7 Å². The van der Waals surface area contributed by atoms with Gasteiger partial charge in [0.1, 0.15) is 0 Å². The van der Waals surface area contributed by atoms with Crippen molar-refractivity contribution in [3.05, 3.63) is 54.1 Å². The average Bonchev–Trinajstić information content (AvgIpc) is 2.68. The number of carbonyl (C=O) groups excluding carboxylic acids is 2. The number of rotatable bonds is 8.